The zero-order valence-corrected chi connectivity index (χ0v) is 14.2. The summed E-state index contributed by atoms with van der Waals surface area (Å²) in [4.78, 5) is 35.0. The van der Waals surface area contributed by atoms with Crippen molar-refractivity contribution in [1.29, 1.82) is 0 Å². The van der Waals surface area contributed by atoms with Gasteiger partial charge in [-0.05, 0) is 42.5 Å². The van der Waals surface area contributed by atoms with Gasteiger partial charge in [-0.1, -0.05) is 6.07 Å². The van der Waals surface area contributed by atoms with Crippen molar-refractivity contribution >= 4 is 23.5 Å². The van der Waals surface area contributed by atoms with Crippen LogP contribution in [0.4, 0.5) is 23.2 Å². The van der Waals surface area contributed by atoms with Gasteiger partial charge < -0.3 is 15.4 Å². The van der Waals surface area contributed by atoms with Gasteiger partial charge in [0.15, 0.2) is 6.61 Å². The molecule has 28 heavy (non-hydrogen) atoms. The van der Waals surface area contributed by atoms with Gasteiger partial charge in [-0.25, -0.2) is 4.39 Å². The molecule has 148 valence electrons. The summed E-state index contributed by atoms with van der Waals surface area (Å²) < 4.78 is 55.3. The summed E-state index contributed by atoms with van der Waals surface area (Å²) in [7, 11) is 0. The second-order valence-corrected chi connectivity index (χ2v) is 5.48. The number of ether oxygens (including phenoxy) is 1. The number of alkyl halides is 3. The number of amides is 2. The Morgan fingerprint density at radius 2 is 1.68 bits per heavy atom. The Balaban J connectivity index is 1.77. The normalized spacial score (nSPS) is 10.9. The van der Waals surface area contributed by atoms with Gasteiger partial charge in [0.05, 0.1) is 5.56 Å². The summed E-state index contributed by atoms with van der Waals surface area (Å²) in [6.45, 7) is -1.30. The lowest BCUT2D eigenvalue weighted by Crippen LogP contribution is -2.32. The molecule has 0 aliphatic heterocycles. The van der Waals surface area contributed by atoms with E-state index in [0.29, 0.717) is 0 Å². The van der Waals surface area contributed by atoms with Gasteiger partial charge in [0.25, 0.3) is 11.8 Å². The molecule has 0 radical (unpaired) electrons. The Kier molecular flexibility index (Phi) is 6.69. The van der Waals surface area contributed by atoms with Crippen molar-refractivity contribution in [2.45, 2.75) is 6.18 Å². The van der Waals surface area contributed by atoms with Gasteiger partial charge in [0, 0.05) is 11.3 Å². The Hall–Kier alpha value is -3.43. The van der Waals surface area contributed by atoms with Gasteiger partial charge in [-0.15, -0.1) is 0 Å². The van der Waals surface area contributed by atoms with Crippen LogP contribution >= 0.6 is 0 Å². The molecule has 2 aromatic rings. The molecule has 2 aromatic carbocycles. The number of hydrogen-bond acceptors (Lipinski definition) is 4. The first-order chi connectivity index (χ1) is 13.1. The van der Waals surface area contributed by atoms with E-state index in [1.165, 1.54) is 18.2 Å². The largest absolute Gasteiger partial charge is 0.454 e. The second-order valence-electron chi connectivity index (χ2n) is 5.48. The highest BCUT2D eigenvalue weighted by Gasteiger charge is 2.30. The Bertz CT molecular complexity index is 867. The van der Waals surface area contributed by atoms with E-state index in [1.54, 1.807) is 0 Å². The van der Waals surface area contributed by atoms with Crippen molar-refractivity contribution in [1.82, 2.24) is 5.32 Å². The van der Waals surface area contributed by atoms with Crippen LogP contribution in [0.2, 0.25) is 0 Å². The van der Waals surface area contributed by atoms with Gasteiger partial charge in [0.2, 0.25) is 0 Å². The average molecular weight is 398 g/mol. The molecule has 2 N–H and O–H groups in total. The fraction of sp³-hybridized carbons (Fsp3) is 0.167. The Morgan fingerprint density at radius 3 is 2.32 bits per heavy atom. The van der Waals surface area contributed by atoms with Crippen LogP contribution in [0.1, 0.15) is 15.9 Å². The van der Waals surface area contributed by atoms with Crippen LogP contribution in [0.3, 0.4) is 0 Å². The van der Waals surface area contributed by atoms with E-state index in [4.69, 9.17) is 0 Å². The maximum Gasteiger partial charge on any atom is 0.416 e. The van der Waals surface area contributed by atoms with Crippen molar-refractivity contribution < 1.29 is 36.7 Å². The molecule has 10 heteroatoms. The molecule has 0 aliphatic rings. The van der Waals surface area contributed by atoms with Crippen molar-refractivity contribution in [3.8, 4) is 0 Å². The van der Waals surface area contributed by atoms with Crippen LogP contribution in [0.25, 0.3) is 0 Å². The fourth-order valence-electron chi connectivity index (χ4n) is 2.02. The topological polar surface area (TPSA) is 84.5 Å². The molecule has 2 rings (SSSR count). The molecule has 0 atom stereocenters. The molecule has 2 amide bonds. The van der Waals surface area contributed by atoms with Crippen molar-refractivity contribution in [3.05, 3.63) is 65.5 Å². The van der Waals surface area contributed by atoms with Crippen molar-refractivity contribution in [2.75, 3.05) is 18.5 Å². The minimum atomic E-state index is -4.56. The number of benzene rings is 2. The van der Waals surface area contributed by atoms with E-state index >= 15 is 0 Å². The highest BCUT2D eigenvalue weighted by molar-refractivity contribution is 5.96. The lowest BCUT2D eigenvalue weighted by molar-refractivity contribution is -0.146. The minimum absolute atomic E-state index is 0.111. The number of halogens is 4. The van der Waals surface area contributed by atoms with E-state index in [9.17, 15) is 31.9 Å². The summed E-state index contributed by atoms with van der Waals surface area (Å²) in [5, 5.41) is 4.39. The first-order valence-corrected chi connectivity index (χ1v) is 7.81. The number of rotatable bonds is 6. The Labute approximate surface area is 156 Å². The Morgan fingerprint density at radius 1 is 1.00 bits per heavy atom. The molecular formula is C18H14F4N2O4. The number of hydrogen-bond donors (Lipinski definition) is 2. The highest BCUT2D eigenvalue weighted by atomic mass is 19.4. The third kappa shape index (κ3) is 6.38. The van der Waals surface area contributed by atoms with Gasteiger partial charge in [-0.2, -0.15) is 13.2 Å². The van der Waals surface area contributed by atoms with Crippen LogP contribution < -0.4 is 10.6 Å². The first kappa shape index (κ1) is 20.9. The van der Waals surface area contributed by atoms with Crippen LogP contribution in [-0.2, 0) is 20.5 Å². The number of esters is 1. The molecule has 0 fully saturated rings. The van der Waals surface area contributed by atoms with Crippen LogP contribution in [-0.4, -0.2) is 30.9 Å². The third-order valence-corrected chi connectivity index (χ3v) is 3.34. The van der Waals surface area contributed by atoms with Gasteiger partial charge in [-0.3, -0.25) is 14.4 Å². The van der Waals surface area contributed by atoms with E-state index in [1.807, 2.05) is 0 Å². The summed E-state index contributed by atoms with van der Waals surface area (Å²) in [5.74, 6) is -2.96. The molecule has 0 aliphatic carbocycles. The van der Waals surface area contributed by atoms with Crippen LogP contribution in [0.5, 0.6) is 0 Å². The molecule has 0 bridgehead atoms. The highest BCUT2D eigenvalue weighted by Crippen LogP contribution is 2.30. The minimum Gasteiger partial charge on any atom is -0.454 e. The molecule has 0 aromatic heterocycles. The smallest absolute Gasteiger partial charge is 0.416 e. The zero-order chi connectivity index (χ0) is 20.7. The molecule has 6 nitrogen and oxygen atoms in total. The summed E-state index contributed by atoms with van der Waals surface area (Å²) in [6.07, 6.45) is -4.56. The monoisotopic (exact) mass is 398 g/mol. The van der Waals surface area contributed by atoms with Gasteiger partial charge in [0.1, 0.15) is 12.4 Å². The molecule has 0 spiro atoms. The molecule has 0 saturated heterocycles. The lowest BCUT2D eigenvalue weighted by Gasteiger charge is -2.10. The van der Waals surface area contributed by atoms with E-state index in [0.717, 1.165) is 30.3 Å². The lowest BCUT2D eigenvalue weighted by atomic mass is 10.2. The van der Waals surface area contributed by atoms with Crippen LogP contribution in [0.15, 0.2) is 48.5 Å². The zero-order valence-electron chi connectivity index (χ0n) is 14.2. The standard InChI is InChI=1S/C18H14F4N2O4/c19-13-6-4-11(5-7-13)17(27)23-9-16(26)28-10-15(25)24-14-3-1-2-12(8-14)18(20,21)22/h1-8H,9-10H2,(H,23,27)(H,24,25). The van der Waals surface area contributed by atoms with E-state index < -0.39 is 48.5 Å². The van der Waals surface area contributed by atoms with Crippen LogP contribution in [0, 0.1) is 5.82 Å². The number of nitrogens with one attached hydrogen (secondary N) is 2. The predicted molar refractivity (Wildman–Crippen MR) is 89.8 cm³/mol. The number of carbonyl (C=O) groups excluding carboxylic acids is 3. The second kappa shape index (κ2) is 8.98. The maximum atomic E-state index is 12.8. The van der Waals surface area contributed by atoms with Crippen molar-refractivity contribution in [3.63, 3.8) is 0 Å². The van der Waals surface area contributed by atoms with E-state index in [-0.39, 0.29) is 11.3 Å². The average Bonchev–Trinajstić information content (AvgIpc) is 2.64. The predicted octanol–water partition coefficient (Wildman–Crippen LogP) is 2.76. The maximum absolute atomic E-state index is 12.8. The number of carbonyl (C=O) groups is 3. The number of anilines is 1. The summed E-state index contributed by atoms with van der Waals surface area (Å²) >= 11 is 0. The molecule has 0 heterocycles. The molecule has 0 saturated carbocycles. The third-order valence-electron chi connectivity index (χ3n) is 3.34. The molecule has 0 unspecified atom stereocenters. The fourth-order valence-corrected chi connectivity index (χ4v) is 2.02. The quantitative estimate of drug-likeness (QED) is 0.579. The SMILES string of the molecule is O=C(COC(=O)CNC(=O)c1ccc(F)cc1)Nc1cccc(C(F)(F)F)c1. The summed E-state index contributed by atoms with van der Waals surface area (Å²) in [5.41, 5.74) is -0.928. The molecular weight excluding hydrogens is 384 g/mol. The first-order valence-electron chi connectivity index (χ1n) is 7.81. The van der Waals surface area contributed by atoms with Crippen molar-refractivity contribution in [2.24, 2.45) is 0 Å². The van der Waals surface area contributed by atoms with E-state index in [2.05, 4.69) is 15.4 Å². The van der Waals surface area contributed by atoms with Gasteiger partial charge >= 0.3 is 12.1 Å². The summed E-state index contributed by atoms with van der Waals surface area (Å²) in [6, 6.07) is 8.54.